The summed E-state index contributed by atoms with van der Waals surface area (Å²) in [6.07, 6.45) is 1.74. The van der Waals surface area contributed by atoms with Crippen LogP contribution < -0.4 is 0 Å². The van der Waals surface area contributed by atoms with Crippen molar-refractivity contribution in [3.63, 3.8) is 0 Å². The van der Waals surface area contributed by atoms with Crippen LogP contribution in [0.15, 0.2) is 24.4 Å². The Morgan fingerprint density at radius 3 is 2.62 bits per heavy atom. The van der Waals surface area contributed by atoms with E-state index in [-0.39, 0.29) is 17.6 Å². The maximum absolute atomic E-state index is 13.7. The van der Waals surface area contributed by atoms with E-state index in [4.69, 9.17) is 0 Å². The lowest BCUT2D eigenvalue weighted by Gasteiger charge is -2.08. The fourth-order valence-corrected chi connectivity index (χ4v) is 1.96. The summed E-state index contributed by atoms with van der Waals surface area (Å²) in [6.45, 7) is 5.48. The number of ketones is 1. The van der Waals surface area contributed by atoms with Gasteiger partial charge in [0.15, 0.2) is 5.78 Å². The number of nitrogens with zero attached hydrogens (tertiary/aromatic N) is 1. The van der Waals surface area contributed by atoms with Gasteiger partial charge < -0.3 is 4.57 Å². The van der Waals surface area contributed by atoms with Crippen LogP contribution in [0.25, 0.3) is 10.9 Å². The van der Waals surface area contributed by atoms with Gasteiger partial charge in [0.05, 0.1) is 5.52 Å². The van der Waals surface area contributed by atoms with Crippen molar-refractivity contribution in [2.75, 3.05) is 0 Å². The third kappa shape index (κ3) is 1.52. The van der Waals surface area contributed by atoms with Crippen LogP contribution in [0.2, 0.25) is 0 Å². The minimum Gasteiger partial charge on any atom is -0.344 e. The molecule has 3 heteroatoms. The molecule has 0 N–H and O–H groups in total. The summed E-state index contributed by atoms with van der Waals surface area (Å²) >= 11 is 0. The fourth-order valence-electron chi connectivity index (χ4n) is 1.96. The molecule has 0 unspecified atom stereocenters. The number of Topliss-reactive ketones (excluding diaryl/α,β-unsaturated/α-hetero) is 1. The molecule has 2 rings (SSSR count). The van der Waals surface area contributed by atoms with E-state index in [9.17, 15) is 9.18 Å². The van der Waals surface area contributed by atoms with Gasteiger partial charge in [-0.3, -0.25) is 4.79 Å². The lowest BCUT2D eigenvalue weighted by Crippen LogP contribution is -1.98. The van der Waals surface area contributed by atoms with Crippen molar-refractivity contribution in [2.24, 2.45) is 0 Å². The topological polar surface area (TPSA) is 22.0 Å². The van der Waals surface area contributed by atoms with Crippen LogP contribution in [-0.4, -0.2) is 10.4 Å². The minimum atomic E-state index is -0.331. The summed E-state index contributed by atoms with van der Waals surface area (Å²) in [5, 5.41) is 0.434. The third-order valence-corrected chi connectivity index (χ3v) is 2.74. The lowest BCUT2D eigenvalue weighted by atomic mass is 10.1. The second-order valence-electron chi connectivity index (χ2n) is 4.23. The van der Waals surface area contributed by atoms with Crippen LogP contribution in [0.4, 0.5) is 4.39 Å². The molecule has 2 nitrogen and oxygen atoms in total. The Labute approximate surface area is 93.7 Å². The van der Waals surface area contributed by atoms with Crippen LogP contribution in [0, 0.1) is 5.82 Å². The summed E-state index contributed by atoms with van der Waals surface area (Å²) in [5.41, 5.74) is 1.24. The number of hydrogen-bond acceptors (Lipinski definition) is 1. The Hall–Kier alpha value is -1.64. The number of carbonyl (C=O) groups is 1. The van der Waals surface area contributed by atoms with Gasteiger partial charge in [-0.15, -0.1) is 0 Å². The molecule has 0 atom stereocenters. The van der Waals surface area contributed by atoms with Gasteiger partial charge in [-0.25, -0.2) is 4.39 Å². The number of fused-ring (bicyclic) bond motifs is 1. The van der Waals surface area contributed by atoms with E-state index >= 15 is 0 Å². The first-order valence-electron chi connectivity index (χ1n) is 5.32. The van der Waals surface area contributed by atoms with Crippen molar-refractivity contribution >= 4 is 16.7 Å². The molecule has 0 aliphatic carbocycles. The molecule has 16 heavy (non-hydrogen) atoms. The molecule has 1 aromatic carbocycles. The maximum atomic E-state index is 13.7. The Kier molecular flexibility index (Phi) is 2.54. The predicted octanol–water partition coefficient (Wildman–Crippen LogP) is 3.56. The monoisotopic (exact) mass is 219 g/mol. The second-order valence-corrected chi connectivity index (χ2v) is 4.23. The molecule has 84 valence electrons. The first-order valence-corrected chi connectivity index (χ1v) is 5.32. The van der Waals surface area contributed by atoms with Gasteiger partial charge in [-0.2, -0.15) is 0 Å². The Balaban J connectivity index is 2.87. The summed E-state index contributed by atoms with van der Waals surface area (Å²) in [4.78, 5) is 11.5. The van der Waals surface area contributed by atoms with Gasteiger partial charge in [0.2, 0.25) is 0 Å². The summed E-state index contributed by atoms with van der Waals surface area (Å²) in [7, 11) is 0. The first kappa shape index (κ1) is 10.9. The number of aromatic nitrogens is 1. The second kappa shape index (κ2) is 3.74. The van der Waals surface area contributed by atoms with Gasteiger partial charge >= 0.3 is 0 Å². The smallest absolute Gasteiger partial charge is 0.162 e. The number of rotatable bonds is 2. The fraction of sp³-hybridized carbons (Fsp3) is 0.308. The van der Waals surface area contributed by atoms with E-state index in [1.165, 1.54) is 13.0 Å². The molecule has 0 spiro atoms. The number of carbonyl (C=O) groups excluding carboxylic acids is 1. The van der Waals surface area contributed by atoms with Crippen molar-refractivity contribution in [3.8, 4) is 0 Å². The third-order valence-electron chi connectivity index (χ3n) is 2.74. The van der Waals surface area contributed by atoms with Gasteiger partial charge in [0.25, 0.3) is 0 Å². The average molecular weight is 219 g/mol. The highest BCUT2D eigenvalue weighted by molar-refractivity contribution is 6.07. The van der Waals surface area contributed by atoms with Crippen molar-refractivity contribution in [1.29, 1.82) is 0 Å². The summed E-state index contributed by atoms with van der Waals surface area (Å²) in [6, 6.07) is 5.10. The molecule has 0 saturated carbocycles. The molecule has 0 saturated heterocycles. The Bertz CT molecular complexity index is 554. The summed E-state index contributed by atoms with van der Waals surface area (Å²) < 4.78 is 15.6. The van der Waals surface area contributed by atoms with Crippen molar-refractivity contribution in [1.82, 2.24) is 4.57 Å². The highest BCUT2D eigenvalue weighted by atomic mass is 19.1. The van der Waals surface area contributed by atoms with Crippen molar-refractivity contribution in [2.45, 2.75) is 26.8 Å². The molecule has 0 radical (unpaired) electrons. The molecule has 2 aromatic rings. The van der Waals surface area contributed by atoms with Crippen LogP contribution in [0.3, 0.4) is 0 Å². The molecular weight excluding hydrogens is 205 g/mol. The molecule has 0 bridgehead atoms. The lowest BCUT2D eigenvalue weighted by molar-refractivity contribution is 0.101. The van der Waals surface area contributed by atoms with Crippen LogP contribution in [0.1, 0.15) is 37.2 Å². The summed E-state index contributed by atoms with van der Waals surface area (Å²) in [5.74, 6) is -0.434. The minimum absolute atomic E-state index is 0.102. The Morgan fingerprint density at radius 2 is 2.06 bits per heavy atom. The Morgan fingerprint density at radius 1 is 1.38 bits per heavy atom. The number of hydrogen-bond donors (Lipinski definition) is 0. The van der Waals surface area contributed by atoms with E-state index < -0.39 is 0 Å². The number of halogens is 1. The van der Waals surface area contributed by atoms with E-state index in [0.717, 1.165) is 5.52 Å². The van der Waals surface area contributed by atoms with Crippen LogP contribution in [0.5, 0.6) is 0 Å². The van der Waals surface area contributed by atoms with Crippen LogP contribution in [-0.2, 0) is 0 Å². The standard InChI is InChI=1S/C13H14FNO/c1-8(2)15-7-10(9(3)16)13-11(14)5-4-6-12(13)15/h4-8H,1-3H3. The maximum Gasteiger partial charge on any atom is 0.162 e. The van der Waals surface area contributed by atoms with Gasteiger partial charge in [0.1, 0.15) is 5.82 Å². The number of benzene rings is 1. The molecular formula is C13H14FNO. The van der Waals surface area contributed by atoms with E-state index in [1.807, 2.05) is 24.5 Å². The van der Waals surface area contributed by atoms with E-state index in [0.29, 0.717) is 10.9 Å². The zero-order valence-electron chi connectivity index (χ0n) is 9.62. The quantitative estimate of drug-likeness (QED) is 0.708. The molecule has 1 aromatic heterocycles. The van der Waals surface area contributed by atoms with Gasteiger partial charge in [0, 0.05) is 23.2 Å². The highest BCUT2D eigenvalue weighted by Gasteiger charge is 2.16. The average Bonchev–Trinajstić information content (AvgIpc) is 2.58. The first-order chi connectivity index (χ1) is 7.52. The molecule has 0 aliphatic heterocycles. The van der Waals surface area contributed by atoms with Crippen molar-refractivity contribution < 1.29 is 9.18 Å². The van der Waals surface area contributed by atoms with Gasteiger partial charge in [-0.1, -0.05) is 6.07 Å². The van der Waals surface area contributed by atoms with E-state index in [1.54, 1.807) is 12.3 Å². The molecule has 1 heterocycles. The molecule has 0 amide bonds. The zero-order valence-corrected chi connectivity index (χ0v) is 9.62. The van der Waals surface area contributed by atoms with Gasteiger partial charge in [-0.05, 0) is 32.9 Å². The predicted molar refractivity (Wildman–Crippen MR) is 62.3 cm³/mol. The SMILES string of the molecule is CC(=O)c1cn(C(C)C)c2cccc(F)c12. The van der Waals surface area contributed by atoms with E-state index in [2.05, 4.69) is 0 Å². The highest BCUT2D eigenvalue weighted by Crippen LogP contribution is 2.27. The largest absolute Gasteiger partial charge is 0.344 e. The molecule has 0 aliphatic rings. The molecule has 0 fully saturated rings. The van der Waals surface area contributed by atoms with Crippen LogP contribution >= 0.6 is 0 Å². The zero-order chi connectivity index (χ0) is 11.9. The normalized spacial score (nSPS) is 11.3. The van der Waals surface area contributed by atoms with Crippen molar-refractivity contribution in [3.05, 3.63) is 35.8 Å².